The van der Waals surface area contributed by atoms with Crippen molar-refractivity contribution in [2.75, 3.05) is 0 Å². The minimum Gasteiger partial charge on any atom is -0.0884 e. The number of alkyl halides is 1. The summed E-state index contributed by atoms with van der Waals surface area (Å²) in [4.78, 5) is 0.741. The molecule has 1 heteroatoms. The van der Waals surface area contributed by atoms with Gasteiger partial charge in [0, 0.05) is 4.83 Å². The van der Waals surface area contributed by atoms with Gasteiger partial charge >= 0.3 is 0 Å². The normalized spacial score (nSPS) is 33.3. The van der Waals surface area contributed by atoms with E-state index >= 15 is 0 Å². The molecule has 1 aliphatic carbocycles. The molecule has 2 rings (SSSR count). The Morgan fingerprint density at radius 1 is 1.42 bits per heavy atom. The Morgan fingerprint density at radius 2 is 2.00 bits per heavy atom. The molecule has 0 saturated heterocycles. The van der Waals surface area contributed by atoms with Crippen molar-refractivity contribution < 1.29 is 0 Å². The summed E-state index contributed by atoms with van der Waals surface area (Å²) in [5.74, 6) is 0. The van der Waals surface area contributed by atoms with Crippen LogP contribution in [-0.2, 0) is 6.42 Å². The van der Waals surface area contributed by atoms with Gasteiger partial charge in [-0.05, 0) is 23.8 Å². The zero-order chi connectivity index (χ0) is 8.60. The van der Waals surface area contributed by atoms with E-state index in [1.165, 1.54) is 18.4 Å². The van der Waals surface area contributed by atoms with E-state index in [1.54, 1.807) is 0 Å². The molecule has 0 unspecified atom stereocenters. The van der Waals surface area contributed by atoms with Crippen LogP contribution in [0.1, 0.15) is 18.9 Å². The van der Waals surface area contributed by atoms with Crippen LogP contribution in [0.2, 0.25) is 0 Å². The number of halogens is 1. The average Bonchev–Trinajstić information content (AvgIpc) is 2.61. The molecular weight excluding hydrogens is 212 g/mol. The lowest BCUT2D eigenvalue weighted by atomic mass is 9.99. The SMILES string of the molecule is C[C@@]1(Cc2ccccc2)C[C@H]1Br. The first-order valence-corrected chi connectivity index (χ1v) is 5.30. The van der Waals surface area contributed by atoms with E-state index in [0.29, 0.717) is 5.41 Å². The second-order valence-corrected chi connectivity index (χ2v) is 5.09. The predicted octanol–water partition coefficient (Wildman–Crippen LogP) is 3.40. The Morgan fingerprint density at radius 3 is 2.50 bits per heavy atom. The van der Waals surface area contributed by atoms with E-state index in [2.05, 4.69) is 53.2 Å². The van der Waals surface area contributed by atoms with Crippen molar-refractivity contribution in [1.29, 1.82) is 0 Å². The second-order valence-electron chi connectivity index (χ2n) is 3.99. The van der Waals surface area contributed by atoms with Crippen molar-refractivity contribution >= 4 is 15.9 Å². The maximum Gasteiger partial charge on any atom is 0.0208 e. The molecule has 0 aromatic heterocycles. The van der Waals surface area contributed by atoms with Gasteiger partial charge in [0.15, 0.2) is 0 Å². The van der Waals surface area contributed by atoms with Crippen molar-refractivity contribution in [2.45, 2.75) is 24.6 Å². The fourth-order valence-corrected chi connectivity index (χ4v) is 2.50. The molecule has 0 heterocycles. The van der Waals surface area contributed by atoms with Crippen molar-refractivity contribution in [3.05, 3.63) is 35.9 Å². The lowest BCUT2D eigenvalue weighted by Crippen LogP contribution is -2.02. The van der Waals surface area contributed by atoms with Gasteiger partial charge < -0.3 is 0 Å². The Balaban J connectivity index is 2.06. The molecule has 0 spiro atoms. The summed E-state index contributed by atoms with van der Waals surface area (Å²) < 4.78 is 0. The van der Waals surface area contributed by atoms with E-state index in [1.807, 2.05) is 0 Å². The second kappa shape index (κ2) is 2.88. The first-order chi connectivity index (χ1) is 5.71. The summed E-state index contributed by atoms with van der Waals surface area (Å²) in [5, 5.41) is 0. The molecule has 64 valence electrons. The van der Waals surface area contributed by atoms with Crippen LogP contribution in [-0.4, -0.2) is 4.83 Å². The molecule has 0 radical (unpaired) electrons. The van der Waals surface area contributed by atoms with Gasteiger partial charge in [-0.1, -0.05) is 53.2 Å². The van der Waals surface area contributed by atoms with Gasteiger partial charge in [0.2, 0.25) is 0 Å². The van der Waals surface area contributed by atoms with Gasteiger partial charge in [-0.3, -0.25) is 0 Å². The highest BCUT2D eigenvalue weighted by atomic mass is 79.9. The van der Waals surface area contributed by atoms with Crippen molar-refractivity contribution in [3.8, 4) is 0 Å². The molecule has 0 bridgehead atoms. The monoisotopic (exact) mass is 224 g/mol. The predicted molar refractivity (Wildman–Crippen MR) is 55.6 cm³/mol. The number of hydrogen-bond donors (Lipinski definition) is 0. The molecular formula is C11H13Br. The number of hydrogen-bond acceptors (Lipinski definition) is 0. The van der Waals surface area contributed by atoms with Gasteiger partial charge in [-0.25, -0.2) is 0 Å². The number of rotatable bonds is 2. The minimum atomic E-state index is 0.529. The van der Waals surface area contributed by atoms with Crippen molar-refractivity contribution in [2.24, 2.45) is 5.41 Å². The molecule has 1 saturated carbocycles. The molecule has 1 aliphatic rings. The Hall–Kier alpha value is -0.300. The molecule has 12 heavy (non-hydrogen) atoms. The third-order valence-electron chi connectivity index (χ3n) is 2.69. The summed E-state index contributed by atoms with van der Waals surface area (Å²) in [6.45, 7) is 2.35. The van der Waals surface area contributed by atoms with Crippen molar-refractivity contribution in [3.63, 3.8) is 0 Å². The lowest BCUT2D eigenvalue weighted by Gasteiger charge is -2.08. The fraction of sp³-hybridized carbons (Fsp3) is 0.455. The van der Waals surface area contributed by atoms with Crippen LogP contribution in [0, 0.1) is 5.41 Å². The third kappa shape index (κ3) is 1.56. The van der Waals surface area contributed by atoms with Gasteiger partial charge in [-0.15, -0.1) is 0 Å². The molecule has 0 N–H and O–H groups in total. The summed E-state index contributed by atoms with van der Waals surface area (Å²) in [6, 6.07) is 10.7. The molecule has 0 amide bonds. The standard InChI is InChI=1S/C11H13Br/c1-11(8-10(11)12)7-9-5-3-2-4-6-9/h2-6,10H,7-8H2,1H3/t10-,11-/m1/s1. The van der Waals surface area contributed by atoms with Crippen LogP contribution in [0.3, 0.4) is 0 Å². The summed E-state index contributed by atoms with van der Waals surface area (Å²) in [6.07, 6.45) is 2.53. The van der Waals surface area contributed by atoms with Gasteiger partial charge in [0.05, 0.1) is 0 Å². The van der Waals surface area contributed by atoms with E-state index in [4.69, 9.17) is 0 Å². The van der Waals surface area contributed by atoms with Crippen LogP contribution in [0.4, 0.5) is 0 Å². The largest absolute Gasteiger partial charge is 0.0884 e. The van der Waals surface area contributed by atoms with E-state index in [-0.39, 0.29) is 0 Å². The quantitative estimate of drug-likeness (QED) is 0.676. The van der Waals surface area contributed by atoms with Crippen LogP contribution < -0.4 is 0 Å². The van der Waals surface area contributed by atoms with E-state index in [0.717, 1.165) is 4.83 Å². The topological polar surface area (TPSA) is 0 Å². The highest BCUT2D eigenvalue weighted by Crippen LogP contribution is 2.53. The van der Waals surface area contributed by atoms with Crippen molar-refractivity contribution in [1.82, 2.24) is 0 Å². The Kier molecular flexibility index (Phi) is 1.99. The average molecular weight is 225 g/mol. The van der Waals surface area contributed by atoms with Gasteiger partial charge in [-0.2, -0.15) is 0 Å². The first-order valence-electron chi connectivity index (χ1n) is 4.39. The van der Waals surface area contributed by atoms with Gasteiger partial charge in [0.1, 0.15) is 0 Å². The van der Waals surface area contributed by atoms with Crippen LogP contribution >= 0.6 is 15.9 Å². The molecule has 1 aromatic rings. The minimum absolute atomic E-state index is 0.529. The van der Waals surface area contributed by atoms with Crippen LogP contribution in [0.5, 0.6) is 0 Å². The molecule has 0 aliphatic heterocycles. The molecule has 1 fully saturated rings. The van der Waals surface area contributed by atoms with E-state index in [9.17, 15) is 0 Å². The fourth-order valence-electron chi connectivity index (χ4n) is 1.60. The van der Waals surface area contributed by atoms with Crippen LogP contribution in [0.25, 0.3) is 0 Å². The summed E-state index contributed by atoms with van der Waals surface area (Å²) in [7, 11) is 0. The third-order valence-corrected chi connectivity index (χ3v) is 4.12. The first kappa shape index (κ1) is 8.31. The maximum absolute atomic E-state index is 3.66. The van der Waals surface area contributed by atoms with E-state index < -0.39 is 0 Å². The maximum atomic E-state index is 3.66. The van der Waals surface area contributed by atoms with Crippen LogP contribution in [0.15, 0.2) is 30.3 Å². The Bertz CT molecular complexity index is 268. The zero-order valence-electron chi connectivity index (χ0n) is 7.26. The Labute approximate surface area is 82.1 Å². The smallest absolute Gasteiger partial charge is 0.0208 e. The summed E-state index contributed by atoms with van der Waals surface area (Å²) >= 11 is 3.66. The summed E-state index contributed by atoms with van der Waals surface area (Å²) in [5.41, 5.74) is 1.99. The zero-order valence-corrected chi connectivity index (χ0v) is 8.84. The highest BCUT2D eigenvalue weighted by molar-refractivity contribution is 9.09. The number of benzene rings is 1. The molecule has 0 nitrogen and oxygen atoms in total. The lowest BCUT2D eigenvalue weighted by molar-refractivity contribution is 0.576. The van der Waals surface area contributed by atoms with Gasteiger partial charge in [0.25, 0.3) is 0 Å². The highest BCUT2D eigenvalue weighted by Gasteiger charge is 2.47. The molecule has 2 atom stereocenters. The molecule has 1 aromatic carbocycles.